The standard InChI is InChI=1S/C12H25NO2Si/c1-9-7-11(14)13-10(9)8-15-16(5,6)12(2,3)4/h9-10H,7-8H2,1-6H3,(H,13,14). The van der Waals surface area contributed by atoms with Gasteiger partial charge in [-0.1, -0.05) is 27.7 Å². The lowest BCUT2D eigenvalue weighted by Crippen LogP contribution is -2.45. The van der Waals surface area contributed by atoms with Gasteiger partial charge in [0.25, 0.3) is 0 Å². The topological polar surface area (TPSA) is 38.3 Å². The van der Waals surface area contributed by atoms with Gasteiger partial charge in [0, 0.05) is 6.42 Å². The Balaban J connectivity index is 2.49. The van der Waals surface area contributed by atoms with Crippen molar-refractivity contribution < 1.29 is 9.22 Å². The van der Waals surface area contributed by atoms with E-state index in [0.29, 0.717) is 18.9 Å². The van der Waals surface area contributed by atoms with Crippen LogP contribution in [0.3, 0.4) is 0 Å². The van der Waals surface area contributed by atoms with Crippen molar-refractivity contribution in [1.82, 2.24) is 5.32 Å². The lowest BCUT2D eigenvalue weighted by Gasteiger charge is -2.37. The molecule has 0 aliphatic carbocycles. The van der Waals surface area contributed by atoms with E-state index >= 15 is 0 Å². The lowest BCUT2D eigenvalue weighted by atomic mass is 10.0. The summed E-state index contributed by atoms with van der Waals surface area (Å²) in [7, 11) is -1.68. The maximum absolute atomic E-state index is 11.2. The Bertz CT molecular complexity index is 271. The van der Waals surface area contributed by atoms with Crippen LogP contribution in [0.4, 0.5) is 0 Å². The number of carbonyl (C=O) groups excluding carboxylic acids is 1. The highest BCUT2D eigenvalue weighted by Gasteiger charge is 2.39. The fourth-order valence-electron chi connectivity index (χ4n) is 1.56. The molecule has 1 rings (SSSR count). The molecule has 0 aromatic rings. The minimum Gasteiger partial charge on any atom is -0.415 e. The van der Waals surface area contributed by atoms with Crippen LogP contribution in [0.1, 0.15) is 34.1 Å². The van der Waals surface area contributed by atoms with Crippen LogP contribution in [0, 0.1) is 5.92 Å². The van der Waals surface area contributed by atoms with Gasteiger partial charge in [0.15, 0.2) is 8.32 Å². The van der Waals surface area contributed by atoms with Gasteiger partial charge in [0.05, 0.1) is 12.6 Å². The van der Waals surface area contributed by atoms with E-state index in [-0.39, 0.29) is 17.0 Å². The van der Waals surface area contributed by atoms with Crippen LogP contribution < -0.4 is 5.32 Å². The highest BCUT2D eigenvalue weighted by atomic mass is 28.4. The fraction of sp³-hybridized carbons (Fsp3) is 0.917. The van der Waals surface area contributed by atoms with E-state index in [1.165, 1.54) is 0 Å². The molecular weight excluding hydrogens is 218 g/mol. The quantitative estimate of drug-likeness (QED) is 0.774. The van der Waals surface area contributed by atoms with Crippen molar-refractivity contribution in [3.8, 4) is 0 Å². The third-order valence-corrected chi connectivity index (χ3v) is 8.47. The zero-order valence-corrected chi connectivity index (χ0v) is 12.4. The van der Waals surface area contributed by atoms with Gasteiger partial charge < -0.3 is 9.74 Å². The summed E-state index contributed by atoms with van der Waals surface area (Å²) in [4.78, 5) is 11.2. The average Bonchev–Trinajstić information content (AvgIpc) is 2.39. The average molecular weight is 243 g/mol. The van der Waals surface area contributed by atoms with E-state index in [4.69, 9.17) is 4.43 Å². The minimum absolute atomic E-state index is 0.163. The number of carbonyl (C=O) groups is 1. The van der Waals surface area contributed by atoms with Gasteiger partial charge >= 0.3 is 0 Å². The first-order chi connectivity index (χ1) is 7.13. The number of hydrogen-bond donors (Lipinski definition) is 1. The highest BCUT2D eigenvalue weighted by Crippen LogP contribution is 2.36. The zero-order valence-electron chi connectivity index (χ0n) is 11.4. The van der Waals surface area contributed by atoms with Crippen molar-refractivity contribution in [2.75, 3.05) is 6.61 Å². The normalized spacial score (nSPS) is 27.0. The molecule has 0 radical (unpaired) electrons. The summed E-state index contributed by atoms with van der Waals surface area (Å²) < 4.78 is 6.12. The van der Waals surface area contributed by atoms with Crippen molar-refractivity contribution in [2.24, 2.45) is 5.92 Å². The fourth-order valence-corrected chi connectivity index (χ4v) is 2.59. The number of rotatable bonds is 3. The third kappa shape index (κ3) is 3.07. The number of hydrogen-bond acceptors (Lipinski definition) is 2. The van der Waals surface area contributed by atoms with Gasteiger partial charge in [-0.25, -0.2) is 0 Å². The van der Waals surface area contributed by atoms with Gasteiger partial charge in [0.1, 0.15) is 0 Å². The van der Waals surface area contributed by atoms with Crippen LogP contribution in [0.2, 0.25) is 18.1 Å². The summed E-state index contributed by atoms with van der Waals surface area (Å²) in [6.07, 6.45) is 0.644. The molecule has 1 N–H and O–H groups in total. The van der Waals surface area contributed by atoms with Gasteiger partial charge in [0.2, 0.25) is 5.91 Å². The second-order valence-electron chi connectivity index (χ2n) is 6.43. The van der Waals surface area contributed by atoms with Gasteiger partial charge in [-0.05, 0) is 24.1 Å². The molecular formula is C12H25NO2Si. The van der Waals surface area contributed by atoms with E-state index in [1.54, 1.807) is 0 Å². The summed E-state index contributed by atoms with van der Waals surface area (Å²) >= 11 is 0. The van der Waals surface area contributed by atoms with Gasteiger partial charge in [-0.3, -0.25) is 4.79 Å². The van der Waals surface area contributed by atoms with Crippen LogP contribution in [0.5, 0.6) is 0 Å². The Labute approximate surface area is 100 Å². The SMILES string of the molecule is CC1CC(=O)NC1CO[Si](C)(C)C(C)(C)C. The minimum atomic E-state index is -1.68. The monoisotopic (exact) mass is 243 g/mol. The van der Waals surface area contributed by atoms with Crippen molar-refractivity contribution in [3.63, 3.8) is 0 Å². The Morgan fingerprint density at radius 2 is 2.00 bits per heavy atom. The molecule has 2 unspecified atom stereocenters. The first kappa shape index (κ1) is 13.7. The van der Waals surface area contributed by atoms with Gasteiger partial charge in [-0.15, -0.1) is 0 Å². The van der Waals surface area contributed by atoms with E-state index in [0.717, 1.165) is 0 Å². The maximum atomic E-state index is 11.2. The first-order valence-electron chi connectivity index (χ1n) is 6.07. The van der Waals surface area contributed by atoms with Crippen molar-refractivity contribution >= 4 is 14.2 Å². The third-order valence-electron chi connectivity index (χ3n) is 3.97. The molecule has 16 heavy (non-hydrogen) atoms. The first-order valence-corrected chi connectivity index (χ1v) is 8.97. The van der Waals surface area contributed by atoms with E-state index in [9.17, 15) is 4.79 Å². The summed E-state index contributed by atoms with van der Waals surface area (Å²) in [5, 5.41) is 3.22. The molecule has 1 aliphatic rings. The Kier molecular flexibility index (Phi) is 3.85. The van der Waals surface area contributed by atoms with Crippen molar-refractivity contribution in [3.05, 3.63) is 0 Å². The van der Waals surface area contributed by atoms with Crippen LogP contribution in [0.15, 0.2) is 0 Å². The molecule has 4 heteroatoms. The predicted octanol–water partition coefficient (Wildman–Crippen LogP) is 2.53. The molecule has 0 aromatic heterocycles. The van der Waals surface area contributed by atoms with E-state index in [2.05, 4.69) is 46.1 Å². The second-order valence-corrected chi connectivity index (χ2v) is 11.2. The molecule has 1 amide bonds. The molecule has 94 valence electrons. The Hall–Kier alpha value is -0.353. The molecule has 2 atom stereocenters. The molecule has 0 aromatic carbocycles. The predicted molar refractivity (Wildman–Crippen MR) is 68.9 cm³/mol. The van der Waals surface area contributed by atoms with E-state index in [1.807, 2.05) is 0 Å². The van der Waals surface area contributed by atoms with Crippen LogP contribution in [-0.4, -0.2) is 26.9 Å². The van der Waals surface area contributed by atoms with E-state index < -0.39 is 8.32 Å². The Morgan fingerprint density at radius 3 is 2.38 bits per heavy atom. The lowest BCUT2D eigenvalue weighted by molar-refractivity contribution is -0.119. The highest BCUT2D eigenvalue weighted by molar-refractivity contribution is 6.74. The summed E-state index contributed by atoms with van der Waals surface area (Å²) in [6, 6.07) is 0.210. The van der Waals surface area contributed by atoms with Crippen LogP contribution >= 0.6 is 0 Å². The molecule has 0 spiro atoms. The van der Waals surface area contributed by atoms with Crippen LogP contribution in [0.25, 0.3) is 0 Å². The molecule has 0 saturated carbocycles. The van der Waals surface area contributed by atoms with Gasteiger partial charge in [-0.2, -0.15) is 0 Å². The summed E-state index contributed by atoms with van der Waals surface area (Å²) in [6.45, 7) is 14.0. The molecule has 1 fully saturated rings. The largest absolute Gasteiger partial charge is 0.415 e. The maximum Gasteiger partial charge on any atom is 0.220 e. The Morgan fingerprint density at radius 1 is 1.44 bits per heavy atom. The summed E-state index contributed by atoms with van der Waals surface area (Å²) in [5.74, 6) is 0.564. The van der Waals surface area contributed by atoms with Crippen molar-refractivity contribution in [1.29, 1.82) is 0 Å². The number of nitrogens with one attached hydrogen (secondary N) is 1. The second kappa shape index (κ2) is 4.49. The van der Waals surface area contributed by atoms with Crippen molar-refractivity contribution in [2.45, 2.75) is 58.3 Å². The summed E-state index contributed by atoms with van der Waals surface area (Å²) in [5.41, 5.74) is 0. The number of amides is 1. The smallest absolute Gasteiger partial charge is 0.220 e. The molecule has 1 saturated heterocycles. The zero-order chi connectivity index (χ0) is 12.6. The molecule has 1 heterocycles. The molecule has 0 bridgehead atoms. The van der Waals surface area contributed by atoms with Crippen LogP contribution in [-0.2, 0) is 9.22 Å². The molecule has 3 nitrogen and oxygen atoms in total. The molecule has 1 aliphatic heterocycles.